The number of rotatable bonds is 7. The highest BCUT2D eigenvalue weighted by atomic mass is 35.5. The van der Waals surface area contributed by atoms with Crippen molar-refractivity contribution in [3.63, 3.8) is 0 Å². The first-order chi connectivity index (χ1) is 11.3. The highest BCUT2D eigenvalue weighted by molar-refractivity contribution is 6.04. The van der Waals surface area contributed by atoms with Gasteiger partial charge in [-0.25, -0.2) is 4.79 Å². The fraction of sp³-hybridized carbons (Fsp3) is 0.474. The normalized spacial score (nSPS) is 12.2. The monoisotopic (exact) mass is 367 g/mol. The van der Waals surface area contributed by atoms with Crippen LogP contribution in [0, 0.1) is 19.8 Å². The van der Waals surface area contributed by atoms with E-state index in [9.17, 15) is 9.59 Å². The van der Waals surface area contributed by atoms with Gasteiger partial charge in [-0.3, -0.25) is 4.79 Å². The number of aryl methyl sites for hydroxylation is 1. The van der Waals surface area contributed by atoms with Gasteiger partial charge in [0, 0.05) is 23.4 Å². The lowest BCUT2D eigenvalue weighted by Gasteiger charge is -2.21. The standard InChI is InChI=1S/C19H25NO4.ClH/c1-6-7-13(10-20(4)5)18(21)15-9-16-14(11(2)12(15)3)8-17(24-16)19(22)23;/h8-9,13H,6-7,10H2,1-5H3,(H,22,23);1H. The molecular formula is C19H26ClNO4. The molecule has 0 aliphatic rings. The summed E-state index contributed by atoms with van der Waals surface area (Å²) in [5, 5.41) is 9.87. The van der Waals surface area contributed by atoms with Crippen LogP contribution in [0.4, 0.5) is 0 Å². The van der Waals surface area contributed by atoms with Crippen LogP contribution < -0.4 is 0 Å². The second kappa shape index (κ2) is 8.50. The minimum atomic E-state index is -1.10. The second-order valence-corrected chi connectivity index (χ2v) is 6.61. The molecule has 0 aliphatic carbocycles. The van der Waals surface area contributed by atoms with E-state index in [0.717, 1.165) is 29.4 Å². The lowest BCUT2D eigenvalue weighted by atomic mass is 9.88. The van der Waals surface area contributed by atoms with E-state index in [0.29, 0.717) is 17.7 Å². The van der Waals surface area contributed by atoms with E-state index in [-0.39, 0.29) is 29.9 Å². The SMILES string of the molecule is CCCC(CN(C)C)C(=O)c1cc2oc(C(=O)O)cc2c(C)c1C.Cl. The van der Waals surface area contributed by atoms with Gasteiger partial charge in [-0.1, -0.05) is 13.3 Å². The molecule has 138 valence electrons. The topological polar surface area (TPSA) is 70.8 Å². The number of ketones is 1. The Balaban J connectivity index is 0.00000312. The van der Waals surface area contributed by atoms with Crippen LogP contribution in [0.2, 0.25) is 0 Å². The Bertz CT molecular complexity index is 779. The van der Waals surface area contributed by atoms with Gasteiger partial charge in [-0.2, -0.15) is 0 Å². The Morgan fingerprint density at radius 3 is 2.36 bits per heavy atom. The van der Waals surface area contributed by atoms with E-state index in [4.69, 9.17) is 9.52 Å². The molecule has 1 N–H and O–H groups in total. The average molecular weight is 368 g/mol. The largest absolute Gasteiger partial charge is 0.475 e. The number of hydrogen-bond acceptors (Lipinski definition) is 4. The third-order valence-electron chi connectivity index (χ3n) is 4.48. The number of carbonyl (C=O) groups is 2. The smallest absolute Gasteiger partial charge is 0.371 e. The molecule has 0 fully saturated rings. The van der Waals surface area contributed by atoms with Gasteiger partial charge in [0.1, 0.15) is 5.58 Å². The summed E-state index contributed by atoms with van der Waals surface area (Å²) in [4.78, 5) is 26.2. The van der Waals surface area contributed by atoms with Crippen molar-refractivity contribution in [1.82, 2.24) is 4.90 Å². The maximum Gasteiger partial charge on any atom is 0.371 e. The molecule has 1 aromatic carbocycles. The van der Waals surface area contributed by atoms with E-state index in [1.54, 1.807) is 6.07 Å². The van der Waals surface area contributed by atoms with Crippen LogP contribution in [0.1, 0.15) is 51.8 Å². The second-order valence-electron chi connectivity index (χ2n) is 6.61. The van der Waals surface area contributed by atoms with E-state index < -0.39 is 5.97 Å². The molecule has 0 saturated carbocycles. The summed E-state index contributed by atoms with van der Waals surface area (Å²) < 4.78 is 5.41. The number of carboxylic acids is 1. The van der Waals surface area contributed by atoms with Gasteiger partial charge < -0.3 is 14.4 Å². The molecular weight excluding hydrogens is 342 g/mol. The molecule has 0 saturated heterocycles. The minimum Gasteiger partial charge on any atom is -0.475 e. The number of halogens is 1. The molecule has 2 rings (SSSR count). The first-order valence-electron chi connectivity index (χ1n) is 8.22. The average Bonchev–Trinajstić information content (AvgIpc) is 2.94. The Morgan fingerprint density at radius 2 is 1.84 bits per heavy atom. The number of furan rings is 1. The van der Waals surface area contributed by atoms with Gasteiger partial charge in [0.2, 0.25) is 5.76 Å². The third-order valence-corrected chi connectivity index (χ3v) is 4.48. The lowest BCUT2D eigenvalue weighted by molar-refractivity contribution is 0.0665. The predicted molar refractivity (Wildman–Crippen MR) is 101 cm³/mol. The highest BCUT2D eigenvalue weighted by Crippen LogP contribution is 2.30. The molecule has 0 spiro atoms. The van der Waals surface area contributed by atoms with Crippen LogP contribution in [-0.2, 0) is 0 Å². The zero-order valence-electron chi connectivity index (χ0n) is 15.4. The van der Waals surface area contributed by atoms with Gasteiger partial charge in [-0.05, 0) is 57.6 Å². The Labute approximate surface area is 154 Å². The zero-order valence-corrected chi connectivity index (χ0v) is 16.2. The number of hydrogen-bond donors (Lipinski definition) is 1. The van der Waals surface area contributed by atoms with E-state index >= 15 is 0 Å². The highest BCUT2D eigenvalue weighted by Gasteiger charge is 2.24. The predicted octanol–water partition coefficient (Wildman–Crippen LogP) is 4.33. The van der Waals surface area contributed by atoms with Gasteiger partial charge in [0.05, 0.1) is 0 Å². The maximum atomic E-state index is 13.0. The fourth-order valence-electron chi connectivity index (χ4n) is 3.12. The number of carboxylic acid groups (broad SMARTS) is 1. The maximum absolute atomic E-state index is 13.0. The number of fused-ring (bicyclic) bond motifs is 1. The van der Waals surface area contributed by atoms with Crippen molar-refractivity contribution in [3.8, 4) is 0 Å². The quantitative estimate of drug-likeness (QED) is 0.737. The molecule has 1 unspecified atom stereocenters. The molecule has 1 atom stereocenters. The number of carbonyl (C=O) groups excluding carboxylic acids is 1. The third kappa shape index (κ3) is 4.41. The van der Waals surface area contributed by atoms with Crippen molar-refractivity contribution in [2.75, 3.05) is 20.6 Å². The number of nitrogens with zero attached hydrogens (tertiary/aromatic N) is 1. The summed E-state index contributed by atoms with van der Waals surface area (Å²) in [6.45, 7) is 6.58. The van der Waals surface area contributed by atoms with Crippen LogP contribution in [0.15, 0.2) is 16.5 Å². The molecule has 0 radical (unpaired) electrons. The van der Waals surface area contributed by atoms with E-state index in [1.165, 1.54) is 6.07 Å². The summed E-state index contributed by atoms with van der Waals surface area (Å²) in [6.07, 6.45) is 1.76. The van der Waals surface area contributed by atoms with Crippen LogP contribution in [0.3, 0.4) is 0 Å². The van der Waals surface area contributed by atoms with Gasteiger partial charge in [0.15, 0.2) is 5.78 Å². The summed E-state index contributed by atoms with van der Waals surface area (Å²) in [5.41, 5.74) is 2.88. The van der Waals surface area contributed by atoms with Crippen molar-refractivity contribution >= 4 is 35.1 Å². The Morgan fingerprint density at radius 1 is 1.20 bits per heavy atom. The van der Waals surface area contributed by atoms with Crippen molar-refractivity contribution in [3.05, 3.63) is 34.6 Å². The first kappa shape index (κ1) is 21.2. The summed E-state index contributed by atoms with van der Waals surface area (Å²) in [7, 11) is 3.92. The Hall–Kier alpha value is -1.85. The Kier molecular flexibility index (Phi) is 7.20. The fourth-order valence-corrected chi connectivity index (χ4v) is 3.12. The van der Waals surface area contributed by atoms with Crippen LogP contribution >= 0.6 is 12.4 Å². The molecule has 6 heteroatoms. The van der Waals surface area contributed by atoms with Gasteiger partial charge in [-0.15, -0.1) is 12.4 Å². The molecule has 0 bridgehead atoms. The van der Waals surface area contributed by atoms with Crippen molar-refractivity contribution in [2.45, 2.75) is 33.6 Å². The van der Waals surface area contributed by atoms with Crippen molar-refractivity contribution in [2.24, 2.45) is 5.92 Å². The summed E-state index contributed by atoms with van der Waals surface area (Å²) >= 11 is 0. The zero-order chi connectivity index (χ0) is 18.0. The van der Waals surface area contributed by atoms with E-state index in [2.05, 4.69) is 6.92 Å². The van der Waals surface area contributed by atoms with Gasteiger partial charge in [0.25, 0.3) is 0 Å². The van der Waals surface area contributed by atoms with Crippen molar-refractivity contribution in [1.29, 1.82) is 0 Å². The van der Waals surface area contributed by atoms with Crippen molar-refractivity contribution < 1.29 is 19.1 Å². The van der Waals surface area contributed by atoms with Crippen LogP contribution in [0.5, 0.6) is 0 Å². The minimum absolute atomic E-state index is 0. The summed E-state index contributed by atoms with van der Waals surface area (Å²) in [5.74, 6) is -1.18. The molecule has 1 aromatic heterocycles. The molecule has 0 amide bonds. The number of Topliss-reactive ketones (excluding diaryl/α,β-unsaturated/α-hetero) is 1. The molecule has 0 aliphatic heterocycles. The van der Waals surface area contributed by atoms with Crippen LogP contribution in [0.25, 0.3) is 11.0 Å². The summed E-state index contributed by atoms with van der Waals surface area (Å²) in [6, 6.07) is 3.22. The van der Waals surface area contributed by atoms with E-state index in [1.807, 2.05) is 32.8 Å². The molecule has 2 aromatic rings. The lowest BCUT2D eigenvalue weighted by Crippen LogP contribution is -2.28. The first-order valence-corrected chi connectivity index (χ1v) is 8.22. The number of aromatic carboxylic acids is 1. The molecule has 25 heavy (non-hydrogen) atoms. The van der Waals surface area contributed by atoms with Gasteiger partial charge >= 0.3 is 5.97 Å². The molecule has 5 nitrogen and oxygen atoms in total. The number of benzene rings is 1. The molecule has 1 heterocycles. The van der Waals surface area contributed by atoms with Crippen LogP contribution in [-0.4, -0.2) is 42.4 Å².